The van der Waals surface area contributed by atoms with Crippen LogP contribution >= 0.6 is 0 Å². The van der Waals surface area contributed by atoms with Crippen LogP contribution in [0.5, 0.6) is 5.75 Å². The summed E-state index contributed by atoms with van der Waals surface area (Å²) in [4.78, 5) is 33.7. The molecule has 3 N–H and O–H groups in total. The van der Waals surface area contributed by atoms with Gasteiger partial charge in [-0.1, -0.05) is 6.07 Å². The highest BCUT2D eigenvalue weighted by Gasteiger charge is 2.20. The first kappa shape index (κ1) is 16.0. The Morgan fingerprint density at radius 3 is 2.48 bits per heavy atom. The summed E-state index contributed by atoms with van der Waals surface area (Å²) in [5.41, 5.74) is -0.288. The number of amides is 1. The van der Waals surface area contributed by atoms with E-state index in [0.717, 1.165) is 6.07 Å². The minimum atomic E-state index is -1.33. The van der Waals surface area contributed by atoms with E-state index in [2.05, 4.69) is 5.32 Å². The summed E-state index contributed by atoms with van der Waals surface area (Å²) in [6, 6.07) is 7.51. The van der Waals surface area contributed by atoms with Gasteiger partial charge in [0.25, 0.3) is 11.6 Å². The molecule has 0 heterocycles. The van der Waals surface area contributed by atoms with Crippen LogP contribution in [0.4, 0.5) is 11.4 Å². The van der Waals surface area contributed by atoms with Crippen LogP contribution in [0.15, 0.2) is 36.4 Å². The van der Waals surface area contributed by atoms with Gasteiger partial charge in [-0.15, -0.1) is 0 Å². The molecule has 2 aromatic carbocycles. The highest BCUT2D eigenvalue weighted by atomic mass is 16.6. The van der Waals surface area contributed by atoms with Crippen molar-refractivity contribution < 1.29 is 24.7 Å². The van der Waals surface area contributed by atoms with Crippen molar-refractivity contribution in [2.24, 2.45) is 0 Å². The Hall–Kier alpha value is -3.42. The van der Waals surface area contributed by atoms with Gasteiger partial charge in [-0.3, -0.25) is 14.9 Å². The summed E-state index contributed by atoms with van der Waals surface area (Å²) < 4.78 is 0. The summed E-state index contributed by atoms with van der Waals surface area (Å²) in [5, 5.41) is 31.7. The minimum absolute atomic E-state index is 0.0220. The molecule has 0 aliphatic heterocycles. The second-order valence-corrected chi connectivity index (χ2v) is 4.70. The molecule has 0 unspecified atom stereocenters. The normalized spacial score (nSPS) is 10.1. The van der Waals surface area contributed by atoms with E-state index in [0.29, 0.717) is 0 Å². The quantitative estimate of drug-likeness (QED) is 0.451. The second-order valence-electron chi connectivity index (χ2n) is 4.70. The molecular formula is C15H12N2O6. The van der Waals surface area contributed by atoms with Gasteiger partial charge in [0.1, 0.15) is 5.75 Å². The minimum Gasteiger partial charge on any atom is -0.508 e. The average molecular weight is 316 g/mol. The molecule has 0 spiro atoms. The molecule has 0 saturated carbocycles. The Balaban J connectivity index is 2.39. The predicted molar refractivity (Wildman–Crippen MR) is 80.9 cm³/mol. The molecule has 0 bridgehead atoms. The lowest BCUT2D eigenvalue weighted by Crippen LogP contribution is -2.16. The highest BCUT2D eigenvalue weighted by Crippen LogP contribution is 2.25. The number of hydrogen-bond acceptors (Lipinski definition) is 5. The summed E-state index contributed by atoms with van der Waals surface area (Å²) in [6.45, 7) is 1.43. The van der Waals surface area contributed by atoms with E-state index in [4.69, 9.17) is 5.11 Å². The number of nitro groups is 1. The third-order valence-electron chi connectivity index (χ3n) is 3.23. The fraction of sp³-hybridized carbons (Fsp3) is 0.0667. The van der Waals surface area contributed by atoms with E-state index in [1.54, 1.807) is 0 Å². The van der Waals surface area contributed by atoms with Crippen molar-refractivity contribution in [2.45, 2.75) is 6.92 Å². The van der Waals surface area contributed by atoms with Gasteiger partial charge in [0.2, 0.25) is 0 Å². The number of benzene rings is 2. The molecule has 0 aliphatic rings. The number of hydrogen-bond donors (Lipinski definition) is 3. The molecule has 0 radical (unpaired) electrons. The first-order chi connectivity index (χ1) is 10.8. The largest absolute Gasteiger partial charge is 0.508 e. The molecule has 0 fully saturated rings. The van der Waals surface area contributed by atoms with Crippen LogP contribution in [0.25, 0.3) is 0 Å². The van der Waals surface area contributed by atoms with E-state index in [1.165, 1.54) is 37.3 Å². The van der Waals surface area contributed by atoms with Crippen molar-refractivity contribution in [1.82, 2.24) is 0 Å². The number of nitrogens with one attached hydrogen (secondary N) is 1. The maximum atomic E-state index is 12.3. The SMILES string of the molecule is Cc1c(C(=O)Nc2ccc(O)cc2C(=O)O)cccc1[N+](=O)[O-]. The van der Waals surface area contributed by atoms with Crippen LogP contribution in [0.2, 0.25) is 0 Å². The van der Waals surface area contributed by atoms with Crippen LogP contribution in [0.1, 0.15) is 26.3 Å². The smallest absolute Gasteiger partial charge is 0.337 e. The molecule has 2 rings (SSSR count). The van der Waals surface area contributed by atoms with Gasteiger partial charge in [0.15, 0.2) is 0 Å². The zero-order valence-electron chi connectivity index (χ0n) is 11.9. The average Bonchev–Trinajstić information content (AvgIpc) is 2.48. The lowest BCUT2D eigenvalue weighted by Gasteiger charge is -2.10. The Labute approximate surface area is 130 Å². The number of anilines is 1. The van der Waals surface area contributed by atoms with Crippen molar-refractivity contribution >= 4 is 23.3 Å². The number of phenolic OH excluding ortho intramolecular Hbond substituents is 1. The van der Waals surface area contributed by atoms with E-state index in [9.17, 15) is 24.8 Å². The number of carbonyl (C=O) groups is 2. The topological polar surface area (TPSA) is 130 Å². The van der Waals surface area contributed by atoms with Gasteiger partial charge in [0.05, 0.1) is 16.2 Å². The van der Waals surface area contributed by atoms with Crippen molar-refractivity contribution in [3.63, 3.8) is 0 Å². The molecular weight excluding hydrogens is 304 g/mol. The standard InChI is InChI=1S/C15H12N2O6/c1-8-10(3-2-4-13(8)17(22)23)14(19)16-12-6-5-9(18)7-11(12)15(20)21/h2-7,18H,1H3,(H,16,19)(H,20,21). The predicted octanol–water partition coefficient (Wildman–Crippen LogP) is 2.56. The Morgan fingerprint density at radius 1 is 1.17 bits per heavy atom. The summed E-state index contributed by atoms with van der Waals surface area (Å²) in [6.07, 6.45) is 0. The molecule has 8 heteroatoms. The molecule has 8 nitrogen and oxygen atoms in total. The number of nitrogens with zero attached hydrogens (tertiary/aromatic N) is 1. The van der Waals surface area contributed by atoms with Gasteiger partial charge in [0, 0.05) is 17.2 Å². The molecule has 0 aliphatic carbocycles. The number of carboxylic acid groups (broad SMARTS) is 1. The fourth-order valence-corrected chi connectivity index (χ4v) is 2.08. The van der Waals surface area contributed by atoms with Gasteiger partial charge in [-0.2, -0.15) is 0 Å². The van der Waals surface area contributed by atoms with Crippen molar-refractivity contribution in [1.29, 1.82) is 0 Å². The molecule has 0 aromatic heterocycles. The summed E-state index contributed by atoms with van der Waals surface area (Å²) in [7, 11) is 0. The lowest BCUT2D eigenvalue weighted by atomic mass is 10.1. The van der Waals surface area contributed by atoms with Crippen LogP contribution in [0, 0.1) is 17.0 Å². The van der Waals surface area contributed by atoms with Crippen molar-refractivity contribution in [2.75, 3.05) is 5.32 Å². The maximum absolute atomic E-state index is 12.3. The first-order valence-corrected chi connectivity index (χ1v) is 6.43. The Morgan fingerprint density at radius 2 is 1.87 bits per heavy atom. The molecule has 1 amide bonds. The van der Waals surface area contributed by atoms with Gasteiger partial charge >= 0.3 is 5.97 Å². The number of carbonyl (C=O) groups excluding carboxylic acids is 1. The van der Waals surface area contributed by atoms with E-state index < -0.39 is 16.8 Å². The number of carboxylic acids is 1. The van der Waals surface area contributed by atoms with Gasteiger partial charge in [-0.25, -0.2) is 4.79 Å². The van der Waals surface area contributed by atoms with Crippen molar-refractivity contribution in [3.8, 4) is 5.75 Å². The number of aromatic hydroxyl groups is 1. The van der Waals surface area contributed by atoms with Gasteiger partial charge < -0.3 is 15.5 Å². The van der Waals surface area contributed by atoms with E-state index in [-0.39, 0.29) is 33.8 Å². The third kappa shape index (κ3) is 3.26. The monoisotopic (exact) mass is 316 g/mol. The highest BCUT2D eigenvalue weighted by molar-refractivity contribution is 6.09. The number of phenols is 1. The van der Waals surface area contributed by atoms with Crippen LogP contribution in [0.3, 0.4) is 0 Å². The molecule has 0 saturated heterocycles. The molecule has 2 aromatic rings. The fourth-order valence-electron chi connectivity index (χ4n) is 2.08. The Bertz CT molecular complexity index is 816. The zero-order chi connectivity index (χ0) is 17.1. The third-order valence-corrected chi connectivity index (χ3v) is 3.23. The van der Waals surface area contributed by atoms with Crippen molar-refractivity contribution in [3.05, 3.63) is 63.2 Å². The molecule has 118 valence electrons. The van der Waals surface area contributed by atoms with E-state index >= 15 is 0 Å². The van der Waals surface area contributed by atoms with Crippen LogP contribution in [-0.2, 0) is 0 Å². The molecule has 23 heavy (non-hydrogen) atoms. The van der Waals surface area contributed by atoms with Gasteiger partial charge in [-0.05, 0) is 31.2 Å². The summed E-state index contributed by atoms with van der Waals surface area (Å²) in [5.74, 6) is -2.27. The first-order valence-electron chi connectivity index (χ1n) is 6.43. The molecule has 0 atom stereocenters. The van der Waals surface area contributed by atoms with Crippen LogP contribution < -0.4 is 5.32 Å². The number of nitro benzene ring substituents is 1. The maximum Gasteiger partial charge on any atom is 0.337 e. The van der Waals surface area contributed by atoms with E-state index in [1.807, 2.05) is 0 Å². The summed E-state index contributed by atoms with van der Waals surface area (Å²) >= 11 is 0. The second kappa shape index (κ2) is 6.14. The number of aromatic carboxylic acids is 1. The zero-order valence-corrected chi connectivity index (χ0v) is 11.9. The lowest BCUT2D eigenvalue weighted by molar-refractivity contribution is -0.385. The Kier molecular flexibility index (Phi) is 4.26. The number of rotatable bonds is 4. The van der Waals surface area contributed by atoms with Crippen LogP contribution in [-0.4, -0.2) is 27.0 Å².